The lowest BCUT2D eigenvalue weighted by Crippen LogP contribution is -2.15. The molecule has 1 aromatic carbocycles. The van der Waals surface area contributed by atoms with Crippen LogP contribution in [0.5, 0.6) is 5.88 Å². The van der Waals surface area contributed by atoms with Crippen LogP contribution in [0.15, 0.2) is 41.0 Å². The minimum Gasteiger partial charge on any atom is -0.481 e. The fraction of sp³-hybridized carbons (Fsp3) is 0.0714. The van der Waals surface area contributed by atoms with Gasteiger partial charge in [-0.3, -0.25) is 4.79 Å². The molecule has 7 heteroatoms. The Morgan fingerprint density at radius 2 is 2.05 bits per heavy atom. The monoisotopic (exact) mass is 350 g/mol. The van der Waals surface area contributed by atoms with Crippen LogP contribution in [0.2, 0.25) is 0 Å². The molecule has 0 atom stereocenters. The number of rotatable bonds is 4. The molecule has 0 aliphatic rings. The molecule has 2 aromatic rings. The average molecular weight is 351 g/mol. The summed E-state index contributed by atoms with van der Waals surface area (Å²) in [7, 11) is 1.47. The third-order valence-electron chi connectivity index (χ3n) is 2.69. The lowest BCUT2D eigenvalue weighted by molar-refractivity contribution is 0.0698. The lowest BCUT2D eigenvalue weighted by Gasteiger charge is -2.10. The Morgan fingerprint density at radius 1 is 1.29 bits per heavy atom. The van der Waals surface area contributed by atoms with E-state index in [-0.39, 0.29) is 11.3 Å². The van der Waals surface area contributed by atoms with Crippen LogP contribution in [0.1, 0.15) is 20.7 Å². The Labute approximate surface area is 128 Å². The molecule has 0 aliphatic carbocycles. The molecule has 2 rings (SSSR count). The molecule has 0 spiro atoms. The zero-order chi connectivity index (χ0) is 15.4. The normalized spacial score (nSPS) is 10.0. The fourth-order valence-electron chi connectivity index (χ4n) is 1.65. The second-order valence-electron chi connectivity index (χ2n) is 4.01. The molecular weight excluding hydrogens is 340 g/mol. The largest absolute Gasteiger partial charge is 0.481 e. The van der Waals surface area contributed by atoms with Gasteiger partial charge in [0.25, 0.3) is 5.91 Å². The summed E-state index contributed by atoms with van der Waals surface area (Å²) in [5.74, 6) is -1.20. The zero-order valence-electron chi connectivity index (χ0n) is 11.0. The van der Waals surface area contributed by atoms with E-state index >= 15 is 0 Å². The van der Waals surface area contributed by atoms with Gasteiger partial charge < -0.3 is 15.2 Å². The van der Waals surface area contributed by atoms with Crippen LogP contribution in [0, 0.1) is 0 Å². The number of pyridine rings is 1. The highest BCUT2D eigenvalue weighted by molar-refractivity contribution is 9.10. The van der Waals surface area contributed by atoms with E-state index in [1.54, 1.807) is 24.3 Å². The predicted molar refractivity (Wildman–Crippen MR) is 79.8 cm³/mol. The number of carbonyl (C=O) groups excluding carboxylic acids is 1. The van der Waals surface area contributed by atoms with Crippen molar-refractivity contribution in [2.45, 2.75) is 0 Å². The number of hydrogen-bond donors (Lipinski definition) is 2. The number of hydrogen-bond acceptors (Lipinski definition) is 4. The highest BCUT2D eigenvalue weighted by Gasteiger charge is 2.16. The summed E-state index contributed by atoms with van der Waals surface area (Å²) >= 11 is 3.23. The first-order chi connectivity index (χ1) is 10.0. The molecule has 0 fully saturated rings. The van der Waals surface area contributed by atoms with Gasteiger partial charge in [0.1, 0.15) is 0 Å². The number of nitrogens with one attached hydrogen (secondary N) is 1. The van der Waals surface area contributed by atoms with Gasteiger partial charge in [0.2, 0.25) is 5.88 Å². The van der Waals surface area contributed by atoms with Crippen molar-refractivity contribution < 1.29 is 19.4 Å². The quantitative estimate of drug-likeness (QED) is 0.884. The molecule has 1 amide bonds. The van der Waals surface area contributed by atoms with Gasteiger partial charge in [-0.05, 0) is 34.1 Å². The number of aromatic carboxylic acids is 1. The topological polar surface area (TPSA) is 88.5 Å². The third-order valence-corrected chi connectivity index (χ3v) is 3.35. The summed E-state index contributed by atoms with van der Waals surface area (Å²) in [6.45, 7) is 0. The Bertz CT molecular complexity index is 686. The van der Waals surface area contributed by atoms with Crippen LogP contribution >= 0.6 is 15.9 Å². The number of amides is 1. The molecule has 0 aliphatic heterocycles. The summed E-state index contributed by atoms with van der Waals surface area (Å²) < 4.78 is 5.39. The Kier molecular flexibility index (Phi) is 4.54. The van der Waals surface area contributed by atoms with Gasteiger partial charge >= 0.3 is 5.97 Å². The first kappa shape index (κ1) is 15.0. The predicted octanol–water partition coefficient (Wildman–Crippen LogP) is 2.80. The fourth-order valence-corrected chi connectivity index (χ4v) is 2.12. The van der Waals surface area contributed by atoms with E-state index in [0.717, 1.165) is 0 Å². The first-order valence-electron chi connectivity index (χ1n) is 5.86. The molecule has 6 nitrogen and oxygen atoms in total. The van der Waals surface area contributed by atoms with E-state index in [9.17, 15) is 9.59 Å². The van der Waals surface area contributed by atoms with E-state index in [1.807, 2.05) is 0 Å². The Balaban J connectivity index is 2.29. The van der Waals surface area contributed by atoms with E-state index in [4.69, 9.17) is 9.84 Å². The van der Waals surface area contributed by atoms with Gasteiger partial charge in [-0.15, -0.1) is 0 Å². The van der Waals surface area contributed by atoms with Crippen molar-refractivity contribution in [3.63, 3.8) is 0 Å². The number of ether oxygens (including phenoxy) is 1. The number of anilines is 1. The standard InChI is InChI=1S/C14H11BrN2O4/c1-21-11-6-5-8(7-16-11)13(18)17-12-9(14(19)20)3-2-4-10(12)15/h2-7H,1H3,(H,17,18)(H,19,20). The molecule has 0 saturated carbocycles. The number of carboxylic acids is 1. The highest BCUT2D eigenvalue weighted by atomic mass is 79.9. The summed E-state index contributed by atoms with van der Waals surface area (Å²) in [5.41, 5.74) is 0.493. The number of carboxylic acid groups (broad SMARTS) is 1. The van der Waals surface area contributed by atoms with Gasteiger partial charge in [0.15, 0.2) is 0 Å². The molecule has 2 N–H and O–H groups in total. The van der Waals surface area contributed by atoms with Crippen LogP contribution in [0.25, 0.3) is 0 Å². The average Bonchev–Trinajstić information content (AvgIpc) is 2.49. The van der Waals surface area contributed by atoms with Crippen molar-refractivity contribution in [1.82, 2.24) is 4.98 Å². The van der Waals surface area contributed by atoms with Crippen LogP contribution in [0.4, 0.5) is 5.69 Å². The number of carbonyl (C=O) groups is 2. The molecule has 0 radical (unpaired) electrons. The van der Waals surface area contributed by atoms with Crippen molar-refractivity contribution in [2.24, 2.45) is 0 Å². The minimum atomic E-state index is -1.13. The molecule has 108 valence electrons. The van der Waals surface area contributed by atoms with Crippen LogP contribution < -0.4 is 10.1 Å². The first-order valence-corrected chi connectivity index (χ1v) is 6.65. The Hall–Kier alpha value is -2.41. The van der Waals surface area contributed by atoms with Gasteiger partial charge in [-0.2, -0.15) is 0 Å². The van der Waals surface area contributed by atoms with Gasteiger partial charge in [-0.1, -0.05) is 6.07 Å². The second-order valence-corrected chi connectivity index (χ2v) is 4.87. The molecule has 0 saturated heterocycles. The number of nitrogens with zero attached hydrogens (tertiary/aromatic N) is 1. The minimum absolute atomic E-state index is 0.000745. The Morgan fingerprint density at radius 3 is 2.62 bits per heavy atom. The molecule has 21 heavy (non-hydrogen) atoms. The van der Waals surface area contributed by atoms with E-state index < -0.39 is 11.9 Å². The summed E-state index contributed by atoms with van der Waals surface area (Å²) in [6.07, 6.45) is 1.35. The van der Waals surface area contributed by atoms with Crippen molar-refractivity contribution in [3.05, 3.63) is 52.1 Å². The molecule has 0 unspecified atom stereocenters. The summed E-state index contributed by atoms with van der Waals surface area (Å²) in [5, 5.41) is 11.7. The maximum atomic E-state index is 12.1. The molecular formula is C14H11BrN2O4. The van der Waals surface area contributed by atoms with Crippen LogP contribution in [-0.2, 0) is 0 Å². The lowest BCUT2D eigenvalue weighted by atomic mass is 10.1. The van der Waals surface area contributed by atoms with Crippen molar-refractivity contribution >= 4 is 33.5 Å². The third kappa shape index (κ3) is 3.38. The molecule has 1 heterocycles. The van der Waals surface area contributed by atoms with Gasteiger partial charge in [-0.25, -0.2) is 9.78 Å². The SMILES string of the molecule is COc1ccc(C(=O)Nc2c(Br)cccc2C(=O)O)cn1. The number of methoxy groups -OCH3 is 1. The number of para-hydroxylation sites is 1. The van der Waals surface area contributed by atoms with E-state index in [2.05, 4.69) is 26.2 Å². The summed E-state index contributed by atoms with van der Waals surface area (Å²) in [6, 6.07) is 7.73. The number of benzene rings is 1. The number of halogens is 1. The van der Waals surface area contributed by atoms with Crippen molar-refractivity contribution in [3.8, 4) is 5.88 Å². The van der Waals surface area contributed by atoms with Crippen LogP contribution in [0.3, 0.4) is 0 Å². The highest BCUT2D eigenvalue weighted by Crippen LogP contribution is 2.27. The van der Waals surface area contributed by atoms with Crippen molar-refractivity contribution in [2.75, 3.05) is 12.4 Å². The van der Waals surface area contributed by atoms with Crippen LogP contribution in [-0.4, -0.2) is 29.1 Å². The zero-order valence-corrected chi connectivity index (χ0v) is 12.5. The van der Waals surface area contributed by atoms with Gasteiger partial charge in [0.05, 0.1) is 23.9 Å². The van der Waals surface area contributed by atoms with Crippen molar-refractivity contribution in [1.29, 1.82) is 0 Å². The molecule has 1 aromatic heterocycles. The van der Waals surface area contributed by atoms with E-state index in [1.165, 1.54) is 19.4 Å². The molecule has 0 bridgehead atoms. The second kappa shape index (κ2) is 6.36. The maximum absolute atomic E-state index is 12.1. The summed E-state index contributed by atoms with van der Waals surface area (Å²) in [4.78, 5) is 27.2. The van der Waals surface area contributed by atoms with E-state index in [0.29, 0.717) is 15.9 Å². The smallest absolute Gasteiger partial charge is 0.337 e. The van der Waals surface area contributed by atoms with Gasteiger partial charge in [0, 0.05) is 16.7 Å². The maximum Gasteiger partial charge on any atom is 0.337 e. The number of aromatic nitrogens is 1.